The van der Waals surface area contributed by atoms with E-state index < -0.39 is 18.6 Å². The van der Waals surface area contributed by atoms with Crippen LogP contribution in [0.3, 0.4) is 0 Å². The number of halogens is 3. The average molecular weight is 420 g/mol. The van der Waals surface area contributed by atoms with Crippen molar-refractivity contribution in [3.63, 3.8) is 0 Å². The van der Waals surface area contributed by atoms with Crippen molar-refractivity contribution in [3.05, 3.63) is 24.0 Å². The van der Waals surface area contributed by atoms with Gasteiger partial charge in [0.1, 0.15) is 12.2 Å². The smallest absolute Gasteiger partial charge is 0.349 e. The number of carbonyl (C=O) groups excluding carboxylic acids is 1. The number of amides is 1. The van der Waals surface area contributed by atoms with Crippen molar-refractivity contribution in [2.75, 3.05) is 31.2 Å². The van der Waals surface area contributed by atoms with Gasteiger partial charge < -0.3 is 20.1 Å². The van der Waals surface area contributed by atoms with Crippen molar-refractivity contribution in [3.8, 4) is 6.07 Å². The van der Waals surface area contributed by atoms with Crippen LogP contribution in [0.4, 0.5) is 18.9 Å². The molecule has 1 aliphatic heterocycles. The number of nitriles is 1. The molecule has 2 aliphatic rings. The number of alkyl halides is 3. The van der Waals surface area contributed by atoms with E-state index in [1.165, 1.54) is 6.20 Å². The Labute approximate surface area is 171 Å². The second-order valence-corrected chi connectivity index (χ2v) is 7.95. The summed E-state index contributed by atoms with van der Waals surface area (Å²) in [7, 11) is 0. The Kier molecular flexibility index (Phi) is 5.56. The molecule has 7 nitrogen and oxygen atoms in total. The molecule has 1 fully saturated rings. The van der Waals surface area contributed by atoms with Crippen LogP contribution in [0.5, 0.6) is 0 Å². The van der Waals surface area contributed by atoms with E-state index in [0.717, 1.165) is 42.5 Å². The van der Waals surface area contributed by atoms with E-state index in [1.807, 2.05) is 11.0 Å². The summed E-state index contributed by atoms with van der Waals surface area (Å²) in [4.78, 5) is 22.9. The zero-order chi connectivity index (χ0) is 21.3. The molecule has 0 spiro atoms. The van der Waals surface area contributed by atoms with Crippen molar-refractivity contribution in [2.24, 2.45) is 5.92 Å². The molecule has 0 unspecified atom stereocenters. The average Bonchev–Trinajstić information content (AvgIpc) is 3.19. The normalized spacial score (nSPS) is 22.3. The SMILES string of the molecule is N#CCNCC1CCC(N2CN(CC(F)(F)F)C(=O)c3cnc4[nH]ccc4c32)CC1. The van der Waals surface area contributed by atoms with Gasteiger partial charge in [0.25, 0.3) is 5.91 Å². The third-order valence-electron chi connectivity index (χ3n) is 5.95. The molecule has 0 radical (unpaired) electrons. The predicted octanol–water partition coefficient (Wildman–Crippen LogP) is 3.02. The fourth-order valence-corrected chi connectivity index (χ4v) is 4.58. The van der Waals surface area contributed by atoms with Crippen LogP contribution in [0.15, 0.2) is 18.5 Å². The summed E-state index contributed by atoms with van der Waals surface area (Å²) in [5.41, 5.74) is 1.51. The molecule has 160 valence electrons. The number of hydrogen-bond acceptors (Lipinski definition) is 5. The molecule has 0 atom stereocenters. The van der Waals surface area contributed by atoms with Crippen LogP contribution in [-0.4, -0.2) is 59.3 Å². The lowest BCUT2D eigenvalue weighted by molar-refractivity contribution is -0.141. The Morgan fingerprint density at radius 2 is 2.07 bits per heavy atom. The number of nitrogens with zero attached hydrogens (tertiary/aromatic N) is 4. The lowest BCUT2D eigenvalue weighted by atomic mass is 9.84. The molecule has 30 heavy (non-hydrogen) atoms. The summed E-state index contributed by atoms with van der Waals surface area (Å²) in [6.07, 6.45) is 2.12. The molecule has 10 heteroatoms. The van der Waals surface area contributed by atoms with Gasteiger partial charge in [0.05, 0.1) is 30.5 Å². The quantitative estimate of drug-likeness (QED) is 0.574. The summed E-state index contributed by atoms with van der Waals surface area (Å²) in [6.45, 7) is -0.286. The molecule has 1 saturated carbocycles. The largest absolute Gasteiger partial charge is 0.406 e. The summed E-state index contributed by atoms with van der Waals surface area (Å²) in [5.74, 6) is -0.194. The fourth-order valence-electron chi connectivity index (χ4n) is 4.58. The first kappa shape index (κ1) is 20.5. The molecule has 3 heterocycles. The second-order valence-electron chi connectivity index (χ2n) is 7.95. The number of aromatic amines is 1. The summed E-state index contributed by atoms with van der Waals surface area (Å²) in [6, 6.07) is 3.92. The molecule has 2 aromatic heterocycles. The highest BCUT2D eigenvalue weighted by Gasteiger charge is 2.41. The third-order valence-corrected chi connectivity index (χ3v) is 5.95. The summed E-state index contributed by atoms with van der Waals surface area (Å²) in [5, 5.41) is 12.5. The van der Waals surface area contributed by atoms with Crippen LogP contribution >= 0.6 is 0 Å². The van der Waals surface area contributed by atoms with Gasteiger partial charge in [-0.15, -0.1) is 0 Å². The minimum absolute atomic E-state index is 0.0419. The maximum atomic E-state index is 13.1. The Hall–Kier alpha value is -2.80. The van der Waals surface area contributed by atoms with Crippen molar-refractivity contribution in [2.45, 2.75) is 37.9 Å². The summed E-state index contributed by atoms with van der Waals surface area (Å²) >= 11 is 0. The highest BCUT2D eigenvalue weighted by Crippen LogP contribution is 2.39. The number of pyridine rings is 1. The van der Waals surface area contributed by atoms with E-state index in [2.05, 4.69) is 21.4 Å². The predicted molar refractivity (Wildman–Crippen MR) is 105 cm³/mol. The molecule has 2 aromatic rings. The number of hydrogen-bond donors (Lipinski definition) is 2. The first-order valence-corrected chi connectivity index (χ1v) is 10.0. The third kappa shape index (κ3) is 4.07. The van der Waals surface area contributed by atoms with E-state index in [-0.39, 0.29) is 18.3 Å². The van der Waals surface area contributed by atoms with E-state index in [9.17, 15) is 18.0 Å². The van der Waals surface area contributed by atoms with Crippen molar-refractivity contribution >= 4 is 22.6 Å². The molecular weight excluding hydrogens is 397 g/mol. The lowest BCUT2D eigenvalue weighted by Crippen LogP contribution is -2.54. The van der Waals surface area contributed by atoms with E-state index in [4.69, 9.17) is 5.26 Å². The molecule has 1 aliphatic carbocycles. The number of carbonyl (C=O) groups is 1. The van der Waals surface area contributed by atoms with Crippen LogP contribution in [0.2, 0.25) is 0 Å². The second kappa shape index (κ2) is 8.14. The maximum absolute atomic E-state index is 13.1. The molecule has 0 saturated heterocycles. The number of rotatable bonds is 5. The molecule has 1 amide bonds. The number of H-pyrrole nitrogens is 1. The zero-order valence-electron chi connectivity index (χ0n) is 16.4. The van der Waals surface area contributed by atoms with Gasteiger partial charge in [-0.05, 0) is 44.2 Å². The van der Waals surface area contributed by atoms with Gasteiger partial charge in [-0.3, -0.25) is 4.79 Å². The van der Waals surface area contributed by atoms with Crippen LogP contribution < -0.4 is 10.2 Å². The number of fused-ring (bicyclic) bond motifs is 3. The fraction of sp³-hybridized carbons (Fsp3) is 0.550. The van der Waals surface area contributed by atoms with E-state index in [0.29, 0.717) is 23.8 Å². The minimum Gasteiger partial charge on any atom is -0.349 e. The van der Waals surface area contributed by atoms with Gasteiger partial charge >= 0.3 is 6.18 Å². The molecule has 2 N–H and O–H groups in total. The first-order valence-electron chi connectivity index (χ1n) is 10.0. The highest BCUT2D eigenvalue weighted by atomic mass is 19.4. The minimum atomic E-state index is -4.46. The summed E-state index contributed by atoms with van der Waals surface area (Å²) < 4.78 is 39.3. The van der Waals surface area contributed by atoms with Crippen LogP contribution in [-0.2, 0) is 0 Å². The lowest BCUT2D eigenvalue weighted by Gasteiger charge is -2.45. The Morgan fingerprint density at radius 3 is 2.77 bits per heavy atom. The molecular formula is C20H23F3N6O. The molecule has 0 bridgehead atoms. The standard InChI is InChI=1S/C20H23F3N6O/c21-20(22,23)11-28-12-29(14-3-1-13(2-4-14)9-25-8-6-24)17-15-5-7-26-18(15)27-10-16(17)19(28)30/h5,7,10,13-14,25H,1-4,8-9,11-12H2,(H,26,27). The van der Waals surface area contributed by atoms with Gasteiger partial charge in [0.2, 0.25) is 0 Å². The van der Waals surface area contributed by atoms with Gasteiger partial charge in [0, 0.05) is 23.8 Å². The zero-order valence-corrected chi connectivity index (χ0v) is 16.4. The Bertz CT molecular complexity index is 958. The first-order chi connectivity index (χ1) is 14.4. The van der Waals surface area contributed by atoms with Crippen LogP contribution in [0, 0.1) is 17.2 Å². The van der Waals surface area contributed by atoms with Gasteiger partial charge in [-0.1, -0.05) is 0 Å². The topological polar surface area (TPSA) is 88.1 Å². The van der Waals surface area contributed by atoms with Gasteiger partial charge in [-0.2, -0.15) is 18.4 Å². The maximum Gasteiger partial charge on any atom is 0.406 e. The number of aromatic nitrogens is 2. The Morgan fingerprint density at radius 1 is 1.30 bits per heavy atom. The van der Waals surface area contributed by atoms with Crippen molar-refractivity contribution < 1.29 is 18.0 Å². The van der Waals surface area contributed by atoms with E-state index >= 15 is 0 Å². The number of anilines is 1. The molecule has 0 aromatic carbocycles. The van der Waals surface area contributed by atoms with Gasteiger partial charge in [-0.25, -0.2) is 4.98 Å². The monoisotopic (exact) mass is 420 g/mol. The van der Waals surface area contributed by atoms with Crippen molar-refractivity contribution in [1.82, 2.24) is 20.2 Å². The van der Waals surface area contributed by atoms with Crippen LogP contribution in [0.25, 0.3) is 11.0 Å². The van der Waals surface area contributed by atoms with Crippen molar-refractivity contribution in [1.29, 1.82) is 5.26 Å². The Balaban J connectivity index is 1.60. The highest BCUT2D eigenvalue weighted by molar-refractivity contribution is 6.08. The molecule has 4 rings (SSSR count). The number of nitrogens with one attached hydrogen (secondary N) is 2. The van der Waals surface area contributed by atoms with E-state index in [1.54, 1.807) is 6.20 Å². The van der Waals surface area contributed by atoms with Crippen LogP contribution in [0.1, 0.15) is 36.0 Å². The van der Waals surface area contributed by atoms with Gasteiger partial charge in [0.15, 0.2) is 0 Å².